The zero-order valence-corrected chi connectivity index (χ0v) is 26.6. The van der Waals surface area contributed by atoms with Gasteiger partial charge in [0.1, 0.15) is 4.90 Å². The van der Waals surface area contributed by atoms with E-state index in [0.29, 0.717) is 23.5 Å². The van der Waals surface area contributed by atoms with Gasteiger partial charge in [-0.05, 0) is 48.6 Å². The van der Waals surface area contributed by atoms with Gasteiger partial charge in [0.05, 0.1) is 22.9 Å². The summed E-state index contributed by atoms with van der Waals surface area (Å²) in [5, 5.41) is 16.5. The maximum atomic E-state index is 14.1. The fraction of sp³-hybridized carbons (Fsp3) is 0.429. The quantitative estimate of drug-likeness (QED) is 0.455. The number of Topliss-reactive ketones (excluding diaryl/α,β-unsaturated/α-hetero) is 1. The Labute approximate surface area is 258 Å². The molecule has 0 amide bonds. The summed E-state index contributed by atoms with van der Waals surface area (Å²) in [6.07, 6.45) is 9.49. The van der Waals surface area contributed by atoms with Crippen LogP contribution in [-0.4, -0.2) is 34.7 Å². The molecule has 0 aromatic heterocycles. The van der Waals surface area contributed by atoms with Crippen LogP contribution in [0.4, 0.5) is 11.4 Å². The van der Waals surface area contributed by atoms with Crippen molar-refractivity contribution in [2.24, 2.45) is 10.3 Å². The van der Waals surface area contributed by atoms with Crippen molar-refractivity contribution in [3.63, 3.8) is 0 Å². The summed E-state index contributed by atoms with van der Waals surface area (Å²) in [6, 6.07) is 10.9. The van der Waals surface area contributed by atoms with Gasteiger partial charge in [-0.1, -0.05) is 75.0 Å². The number of sulfonamides is 2. The van der Waals surface area contributed by atoms with Gasteiger partial charge in [0.2, 0.25) is 10.0 Å². The second-order valence-electron chi connectivity index (χ2n) is 10.9. The topological polar surface area (TPSA) is 145 Å². The molecule has 1 heterocycles. The van der Waals surface area contributed by atoms with Gasteiger partial charge >= 0.3 is 29.6 Å². The first-order chi connectivity index (χ1) is 18.4. The Morgan fingerprint density at radius 1 is 1.12 bits per heavy atom. The molecule has 2 N–H and O–H groups in total. The number of carbonyl (C=O) groups is 1. The largest absolute Gasteiger partial charge is 1.00 e. The van der Waals surface area contributed by atoms with E-state index in [2.05, 4.69) is 14.4 Å². The van der Waals surface area contributed by atoms with Crippen molar-refractivity contribution in [3.8, 4) is 0 Å². The van der Waals surface area contributed by atoms with E-state index in [1.165, 1.54) is 44.2 Å². The molecule has 0 spiro atoms. The predicted octanol–water partition coefficient (Wildman–Crippen LogP) is 0.937. The predicted molar refractivity (Wildman–Crippen MR) is 149 cm³/mol. The van der Waals surface area contributed by atoms with E-state index in [9.17, 15) is 26.7 Å². The van der Waals surface area contributed by atoms with Gasteiger partial charge < -0.3 is 10.4 Å². The Morgan fingerprint density at radius 2 is 1.82 bits per heavy atom. The van der Waals surface area contributed by atoms with E-state index in [1.807, 2.05) is 13.0 Å². The van der Waals surface area contributed by atoms with Gasteiger partial charge in [0.15, 0.2) is 11.6 Å². The minimum atomic E-state index is -4.35. The third-order valence-electron chi connectivity index (χ3n) is 8.00. The van der Waals surface area contributed by atoms with Crippen LogP contribution in [0.25, 0.3) is 5.76 Å². The van der Waals surface area contributed by atoms with Crippen LogP contribution in [-0.2, 0) is 30.3 Å². The number of fused-ring (bicyclic) bond motifs is 2. The van der Waals surface area contributed by atoms with Crippen LogP contribution in [0, 0.1) is 5.92 Å². The summed E-state index contributed by atoms with van der Waals surface area (Å²) in [6.45, 7) is 1.83. The van der Waals surface area contributed by atoms with E-state index in [1.54, 1.807) is 18.2 Å². The molecule has 1 aliphatic heterocycles. The summed E-state index contributed by atoms with van der Waals surface area (Å²) < 4.78 is 55.6. The SMILES string of the molecule is CC1(CCCC2CCCCC2)C(=O)C(C2=NS(=O)(=O)c3cc(NS(C)(=O)=O)ccc3N2)=C([O-])c2ccccc21.[Na+]. The zero-order chi connectivity index (χ0) is 28.0. The molecular formula is C28H32N3NaO6S2. The molecule has 40 heavy (non-hydrogen) atoms. The normalized spacial score (nSPS) is 22.4. The molecule has 208 valence electrons. The summed E-state index contributed by atoms with van der Waals surface area (Å²) in [5.74, 6) is -0.681. The first-order valence-corrected chi connectivity index (χ1v) is 16.5. The molecule has 12 heteroatoms. The van der Waals surface area contributed by atoms with Gasteiger partial charge in [0, 0.05) is 5.69 Å². The summed E-state index contributed by atoms with van der Waals surface area (Å²) in [4.78, 5) is 13.8. The number of rotatable bonds is 7. The van der Waals surface area contributed by atoms with Crippen LogP contribution in [0.5, 0.6) is 0 Å². The minimum absolute atomic E-state index is 0. The van der Waals surface area contributed by atoms with E-state index < -0.39 is 37.0 Å². The zero-order valence-electron chi connectivity index (χ0n) is 23.0. The number of benzene rings is 2. The van der Waals surface area contributed by atoms with Crippen LogP contribution < -0.4 is 44.7 Å². The van der Waals surface area contributed by atoms with Crippen LogP contribution in [0.15, 0.2) is 57.3 Å². The molecule has 0 radical (unpaired) electrons. The molecule has 1 fully saturated rings. The van der Waals surface area contributed by atoms with Gasteiger partial charge in [0.25, 0.3) is 10.0 Å². The fourth-order valence-electron chi connectivity index (χ4n) is 6.03. The number of carbonyl (C=O) groups excluding carboxylic acids is 1. The smallest absolute Gasteiger partial charge is 0.871 e. The van der Waals surface area contributed by atoms with Crippen molar-refractivity contribution < 1.29 is 56.3 Å². The van der Waals surface area contributed by atoms with Crippen LogP contribution in [0.2, 0.25) is 0 Å². The molecule has 9 nitrogen and oxygen atoms in total. The second-order valence-corrected chi connectivity index (χ2v) is 14.3. The van der Waals surface area contributed by atoms with Gasteiger partial charge in [-0.15, -0.1) is 4.40 Å². The van der Waals surface area contributed by atoms with Gasteiger partial charge in [-0.3, -0.25) is 9.52 Å². The Kier molecular flexibility index (Phi) is 8.92. The first kappa shape index (κ1) is 30.8. The Bertz CT molecular complexity index is 1610. The van der Waals surface area contributed by atoms with E-state index in [0.717, 1.165) is 25.2 Å². The number of nitrogens with zero attached hydrogens (tertiary/aromatic N) is 1. The van der Waals surface area contributed by atoms with Crippen LogP contribution in [0.3, 0.4) is 0 Å². The third kappa shape index (κ3) is 6.04. The molecule has 1 atom stereocenters. The van der Waals surface area contributed by atoms with Gasteiger partial charge in [-0.2, -0.15) is 8.42 Å². The fourth-order valence-corrected chi connectivity index (χ4v) is 7.73. The van der Waals surface area contributed by atoms with Crippen molar-refractivity contribution in [3.05, 3.63) is 59.2 Å². The monoisotopic (exact) mass is 593 g/mol. The Hall–Kier alpha value is -2.18. The summed E-state index contributed by atoms with van der Waals surface area (Å²) in [5.41, 5.74) is -0.105. The van der Waals surface area contributed by atoms with Crippen LogP contribution >= 0.6 is 0 Å². The number of hydrogen-bond donors (Lipinski definition) is 2. The molecule has 1 unspecified atom stereocenters. The average Bonchev–Trinajstić information content (AvgIpc) is 2.88. The van der Waals surface area contributed by atoms with Crippen molar-refractivity contribution >= 4 is 48.8 Å². The van der Waals surface area contributed by atoms with Crippen molar-refractivity contribution in [2.45, 2.75) is 68.6 Å². The number of hydrogen-bond acceptors (Lipinski definition) is 7. The van der Waals surface area contributed by atoms with Crippen LogP contribution in [0.1, 0.15) is 69.4 Å². The van der Waals surface area contributed by atoms with Crippen molar-refractivity contribution in [1.29, 1.82) is 0 Å². The molecule has 2 aromatic rings. The number of nitrogens with one attached hydrogen (secondary N) is 2. The first-order valence-electron chi connectivity index (χ1n) is 13.2. The van der Waals surface area contributed by atoms with E-state index in [4.69, 9.17) is 0 Å². The average molecular weight is 594 g/mol. The van der Waals surface area contributed by atoms with Crippen molar-refractivity contribution in [1.82, 2.24) is 0 Å². The Balaban J connectivity index is 0.00000370. The number of ketones is 1. The standard InChI is InChI=1S/C28H33N3O6S2.Na/c1-28(16-8-11-18-9-4-3-5-10-18)21-13-7-6-12-20(21)25(32)24(26(28)33)27-29-22-15-14-19(30-38(2,34)35)17-23(22)39(36,37)31-27;/h6-7,12-15,17-18,30,32H,3-5,8-11,16H2,1-2H3,(H,29,31);/q;+1/p-1. The van der Waals surface area contributed by atoms with E-state index >= 15 is 0 Å². The molecule has 5 rings (SSSR count). The number of amidine groups is 1. The molecule has 2 aromatic carbocycles. The molecule has 1 saturated carbocycles. The third-order valence-corrected chi connectivity index (χ3v) is 9.92. The molecule has 2 aliphatic carbocycles. The molecule has 3 aliphatic rings. The maximum absolute atomic E-state index is 14.1. The van der Waals surface area contributed by atoms with Crippen molar-refractivity contribution in [2.75, 3.05) is 16.3 Å². The van der Waals surface area contributed by atoms with E-state index in [-0.39, 0.29) is 57.2 Å². The number of anilines is 2. The molecule has 0 bridgehead atoms. The summed E-state index contributed by atoms with van der Waals surface area (Å²) in [7, 11) is -7.98. The minimum Gasteiger partial charge on any atom is -0.871 e. The Morgan fingerprint density at radius 3 is 2.52 bits per heavy atom. The second kappa shape index (κ2) is 11.6. The maximum Gasteiger partial charge on any atom is 1.00 e. The molecular weight excluding hydrogens is 561 g/mol. The summed E-state index contributed by atoms with van der Waals surface area (Å²) >= 11 is 0. The molecule has 0 saturated heterocycles. The van der Waals surface area contributed by atoms with Gasteiger partial charge in [-0.25, -0.2) is 8.42 Å².